The number of rotatable bonds is 3. The van der Waals surface area contributed by atoms with Gasteiger partial charge in [-0.25, -0.2) is 13.2 Å². The van der Waals surface area contributed by atoms with E-state index in [1.807, 2.05) is 0 Å². The lowest BCUT2D eigenvalue weighted by atomic mass is 10.3. The summed E-state index contributed by atoms with van der Waals surface area (Å²) in [5, 5.41) is 3.23. The number of aromatic nitrogens is 3. The number of sulfonamides is 1. The molecule has 0 amide bonds. The summed E-state index contributed by atoms with van der Waals surface area (Å²) in [7, 11) is -3.72. The molecule has 1 aromatic carbocycles. The van der Waals surface area contributed by atoms with Gasteiger partial charge in [-0.15, -0.1) is 18.3 Å². The predicted molar refractivity (Wildman–Crippen MR) is 82.3 cm³/mol. The molecule has 132 valence electrons. The lowest BCUT2D eigenvalue weighted by Gasteiger charge is -2.10. The summed E-state index contributed by atoms with van der Waals surface area (Å²) in [4.78, 5) is 12.0. The van der Waals surface area contributed by atoms with Crippen molar-refractivity contribution in [1.82, 2.24) is 14.3 Å². The van der Waals surface area contributed by atoms with E-state index in [-0.39, 0.29) is 21.4 Å². The fourth-order valence-corrected chi connectivity index (χ4v) is 3.03. The number of alkyl halides is 3. The summed E-state index contributed by atoms with van der Waals surface area (Å²) < 4.78 is 63.2. The van der Waals surface area contributed by atoms with Crippen LogP contribution in [0.4, 0.5) is 18.9 Å². The zero-order valence-corrected chi connectivity index (χ0v) is 14.3. The molecule has 0 spiro atoms. The van der Waals surface area contributed by atoms with Gasteiger partial charge in [-0.1, -0.05) is 23.2 Å². The molecule has 2 aromatic rings. The van der Waals surface area contributed by atoms with Crippen LogP contribution in [0.1, 0.15) is 5.82 Å². The smallest absolute Gasteiger partial charge is 0.282 e. The number of halogens is 5. The van der Waals surface area contributed by atoms with E-state index < -0.39 is 32.4 Å². The fraction of sp³-hybridized carbons (Fsp3) is 0.273. The molecule has 0 aliphatic heterocycles. The Bertz CT molecular complexity index is 966. The maximum atomic E-state index is 12.9. The lowest BCUT2D eigenvalue weighted by Crippen LogP contribution is -2.32. The van der Waals surface area contributed by atoms with E-state index in [4.69, 9.17) is 23.2 Å². The normalized spacial score (nSPS) is 12.5. The van der Waals surface area contributed by atoms with E-state index in [9.17, 15) is 26.4 Å². The molecular weight excluding hydrogens is 396 g/mol. The molecule has 0 unspecified atom stereocenters. The second-order valence-electron chi connectivity index (χ2n) is 4.70. The van der Waals surface area contributed by atoms with Crippen molar-refractivity contribution in [2.45, 2.75) is 13.2 Å². The van der Waals surface area contributed by atoms with Crippen LogP contribution in [0.5, 0.6) is 0 Å². The van der Waals surface area contributed by atoms with Crippen LogP contribution in [0, 0.1) is 6.92 Å². The zero-order chi connectivity index (χ0) is 18.4. The summed E-state index contributed by atoms with van der Waals surface area (Å²) in [6.07, 6.45) is -4.11. The van der Waals surface area contributed by atoms with E-state index in [1.54, 1.807) is 0 Å². The SMILES string of the molecule is Cc1nn(-c2cc(NS(C)(=O)=O)c(Cl)cc2Cl)c(=O)n1C(F)(F)F. The van der Waals surface area contributed by atoms with Crippen LogP contribution >= 0.6 is 23.2 Å². The van der Waals surface area contributed by atoms with E-state index >= 15 is 0 Å². The van der Waals surface area contributed by atoms with Gasteiger partial charge in [0.2, 0.25) is 10.0 Å². The number of hydrogen-bond donors (Lipinski definition) is 1. The third-order valence-corrected chi connectivity index (χ3v) is 3.96. The highest BCUT2D eigenvalue weighted by atomic mass is 35.5. The first-order valence-electron chi connectivity index (χ1n) is 6.04. The highest BCUT2D eigenvalue weighted by Crippen LogP contribution is 2.32. The highest BCUT2D eigenvalue weighted by molar-refractivity contribution is 7.92. The van der Waals surface area contributed by atoms with Crippen molar-refractivity contribution in [1.29, 1.82) is 0 Å². The minimum atomic E-state index is -4.97. The Kier molecular flexibility index (Phi) is 4.63. The van der Waals surface area contributed by atoms with Gasteiger partial charge < -0.3 is 0 Å². The summed E-state index contributed by atoms with van der Waals surface area (Å²) in [6, 6.07) is 2.10. The van der Waals surface area contributed by atoms with Gasteiger partial charge >= 0.3 is 12.0 Å². The summed E-state index contributed by atoms with van der Waals surface area (Å²) in [5.74, 6) is -0.615. The van der Waals surface area contributed by atoms with Crippen molar-refractivity contribution >= 4 is 38.9 Å². The van der Waals surface area contributed by atoms with Crippen molar-refractivity contribution in [2.24, 2.45) is 0 Å². The van der Waals surface area contributed by atoms with Crippen molar-refractivity contribution in [2.75, 3.05) is 11.0 Å². The zero-order valence-electron chi connectivity index (χ0n) is 12.0. The van der Waals surface area contributed by atoms with Crippen LogP contribution in [0.2, 0.25) is 10.0 Å². The molecule has 0 saturated carbocycles. The lowest BCUT2D eigenvalue weighted by molar-refractivity contribution is -0.207. The Morgan fingerprint density at radius 3 is 2.25 bits per heavy atom. The first-order chi connectivity index (χ1) is 10.8. The fourth-order valence-electron chi connectivity index (χ4n) is 1.89. The van der Waals surface area contributed by atoms with Crippen LogP contribution in [0.3, 0.4) is 0 Å². The molecule has 0 fully saturated rings. The predicted octanol–water partition coefficient (Wildman–Crippen LogP) is 2.50. The number of hydrogen-bond acceptors (Lipinski definition) is 4. The van der Waals surface area contributed by atoms with Crippen molar-refractivity contribution < 1.29 is 21.6 Å². The topological polar surface area (TPSA) is 86.0 Å². The molecule has 0 atom stereocenters. The first-order valence-corrected chi connectivity index (χ1v) is 8.69. The van der Waals surface area contributed by atoms with Gasteiger partial charge in [0.15, 0.2) is 0 Å². The first kappa shape index (κ1) is 18.6. The van der Waals surface area contributed by atoms with Crippen LogP contribution in [-0.2, 0) is 16.3 Å². The van der Waals surface area contributed by atoms with E-state index in [0.29, 0.717) is 4.68 Å². The van der Waals surface area contributed by atoms with Crippen molar-refractivity contribution in [3.05, 3.63) is 38.5 Å². The molecule has 1 N–H and O–H groups in total. The second-order valence-corrected chi connectivity index (χ2v) is 7.27. The molecule has 0 bridgehead atoms. The maximum Gasteiger partial charge on any atom is 0.494 e. The Morgan fingerprint density at radius 1 is 1.21 bits per heavy atom. The van der Waals surface area contributed by atoms with Gasteiger partial charge in [-0.05, 0) is 19.1 Å². The monoisotopic (exact) mass is 404 g/mol. The third kappa shape index (κ3) is 3.68. The standard InChI is InChI=1S/C11H9Cl2F3N4O3S/c1-5-17-20(10(21)19(5)11(14,15)16)9-4-8(18-24(2,22)23)6(12)3-7(9)13/h3-4,18H,1-2H3. The minimum Gasteiger partial charge on any atom is -0.282 e. The molecule has 24 heavy (non-hydrogen) atoms. The number of nitrogens with zero attached hydrogens (tertiary/aromatic N) is 3. The van der Waals surface area contributed by atoms with Crippen LogP contribution in [0.15, 0.2) is 16.9 Å². The number of nitrogens with one attached hydrogen (secondary N) is 1. The highest BCUT2D eigenvalue weighted by Gasteiger charge is 2.36. The summed E-state index contributed by atoms with van der Waals surface area (Å²) in [5.41, 5.74) is -1.93. The van der Waals surface area contributed by atoms with Crippen LogP contribution < -0.4 is 10.4 Å². The van der Waals surface area contributed by atoms with Crippen LogP contribution in [-0.4, -0.2) is 29.0 Å². The Hall–Kier alpha value is -1.72. The molecule has 0 aliphatic carbocycles. The number of anilines is 1. The molecule has 0 aliphatic rings. The summed E-state index contributed by atoms with van der Waals surface area (Å²) in [6.45, 7) is 0.991. The average molecular weight is 405 g/mol. The van der Waals surface area contributed by atoms with Gasteiger partial charge in [-0.2, -0.15) is 9.25 Å². The Labute approximate surface area is 143 Å². The van der Waals surface area contributed by atoms with E-state index in [2.05, 4.69) is 9.82 Å². The quantitative estimate of drug-likeness (QED) is 0.851. The molecule has 2 rings (SSSR count). The second kappa shape index (κ2) is 5.97. The van der Waals surface area contributed by atoms with Gasteiger partial charge in [0.05, 0.1) is 27.7 Å². The summed E-state index contributed by atoms with van der Waals surface area (Å²) >= 11 is 11.7. The minimum absolute atomic E-state index is 0.103. The molecule has 1 heterocycles. The van der Waals surface area contributed by atoms with Crippen molar-refractivity contribution in [3.63, 3.8) is 0 Å². The van der Waals surface area contributed by atoms with Gasteiger partial charge in [0.25, 0.3) is 0 Å². The van der Waals surface area contributed by atoms with Gasteiger partial charge in [0, 0.05) is 0 Å². The molecule has 7 nitrogen and oxygen atoms in total. The van der Waals surface area contributed by atoms with Gasteiger partial charge in [0.1, 0.15) is 5.82 Å². The average Bonchev–Trinajstić information content (AvgIpc) is 2.66. The maximum absolute atomic E-state index is 12.9. The molecule has 13 heteroatoms. The van der Waals surface area contributed by atoms with Gasteiger partial charge in [-0.3, -0.25) is 4.72 Å². The van der Waals surface area contributed by atoms with E-state index in [1.165, 1.54) is 0 Å². The Morgan fingerprint density at radius 2 is 1.79 bits per heavy atom. The molecule has 0 saturated heterocycles. The molecule has 0 radical (unpaired) electrons. The van der Waals surface area contributed by atoms with Crippen molar-refractivity contribution in [3.8, 4) is 5.69 Å². The number of aryl methyl sites for hydroxylation is 1. The Balaban J connectivity index is 2.71. The van der Waals surface area contributed by atoms with Crippen LogP contribution in [0.25, 0.3) is 5.69 Å². The number of benzene rings is 1. The largest absolute Gasteiger partial charge is 0.494 e. The third-order valence-electron chi connectivity index (χ3n) is 2.75. The van der Waals surface area contributed by atoms with E-state index in [0.717, 1.165) is 25.3 Å². The molecular formula is C11H9Cl2F3N4O3S. The molecule has 1 aromatic heterocycles.